The number of non-ortho nitro benzene ring substituents is 1. The Morgan fingerprint density at radius 1 is 1.00 bits per heavy atom. The van der Waals surface area contributed by atoms with Gasteiger partial charge in [0.05, 0.1) is 12.0 Å². The predicted molar refractivity (Wildman–Crippen MR) is 159 cm³/mol. The highest BCUT2D eigenvalue weighted by Gasteiger charge is 2.43. The molecule has 3 aromatic rings. The summed E-state index contributed by atoms with van der Waals surface area (Å²) in [5, 5.41) is 14.5. The molecule has 0 radical (unpaired) electrons. The number of hydrogen-bond donors (Lipinski definition) is 1. The number of benzene rings is 3. The van der Waals surface area contributed by atoms with E-state index < -0.39 is 11.0 Å². The van der Waals surface area contributed by atoms with Crippen molar-refractivity contribution in [3.05, 3.63) is 106 Å². The fraction of sp³-hybridized carbons (Fsp3) is 0.375. The maximum atomic E-state index is 13.9. The molecule has 2 atom stereocenters. The number of likely N-dealkylation sites (tertiary alicyclic amines) is 1. The molecule has 0 aliphatic carbocycles. The van der Waals surface area contributed by atoms with Crippen molar-refractivity contribution in [1.82, 2.24) is 20.0 Å². The summed E-state index contributed by atoms with van der Waals surface area (Å²) in [6.45, 7) is 4.35. The first-order chi connectivity index (χ1) is 20.4. The monoisotopic (exact) mass is 571 g/mol. The number of nitro groups is 1. The molecule has 2 aliphatic rings. The van der Waals surface area contributed by atoms with Crippen LogP contribution in [0.5, 0.6) is 5.75 Å². The number of piperazine rings is 1. The average molecular weight is 572 g/mol. The van der Waals surface area contributed by atoms with Gasteiger partial charge in [-0.15, -0.1) is 0 Å². The minimum absolute atomic E-state index is 0.0198. The van der Waals surface area contributed by atoms with Gasteiger partial charge in [-0.3, -0.25) is 24.6 Å². The molecular weight excluding hydrogens is 534 g/mol. The molecule has 0 bridgehead atoms. The predicted octanol–water partition coefficient (Wildman–Crippen LogP) is 3.36. The van der Waals surface area contributed by atoms with Crippen LogP contribution in [0, 0.1) is 10.1 Å². The van der Waals surface area contributed by atoms with Crippen molar-refractivity contribution < 1.29 is 19.2 Å². The van der Waals surface area contributed by atoms with Crippen LogP contribution in [0.4, 0.5) is 5.69 Å². The smallest absolute Gasteiger partial charge is 0.269 e. The molecule has 2 fully saturated rings. The maximum Gasteiger partial charge on any atom is 0.269 e. The van der Waals surface area contributed by atoms with Crippen LogP contribution in [0.1, 0.15) is 27.9 Å². The molecule has 2 aliphatic heterocycles. The van der Waals surface area contributed by atoms with Gasteiger partial charge in [-0.1, -0.05) is 48.5 Å². The topological polar surface area (TPSA) is 108 Å². The lowest BCUT2D eigenvalue weighted by atomic mass is 10.1. The Bertz CT molecular complexity index is 1380. The molecule has 2 saturated heterocycles. The van der Waals surface area contributed by atoms with E-state index in [1.54, 1.807) is 48.4 Å². The van der Waals surface area contributed by atoms with Crippen LogP contribution in [-0.4, -0.2) is 89.9 Å². The standard InChI is InChI=1S/C32H37N5O5/c1-42-29-9-5-8-26(20-29)31(38)36-23-28(21-30(36)32(39)34-18-15-33-16-19-34)35(17-14-24-6-3-2-4-7-24)22-25-10-12-27(13-11-25)37(40)41/h2-13,20,28,30,33H,14-19,21-23H2,1H3. The number of ether oxygens (including phenoxy) is 1. The van der Waals surface area contributed by atoms with E-state index in [1.807, 2.05) is 23.1 Å². The van der Waals surface area contributed by atoms with Crippen LogP contribution in [0.15, 0.2) is 78.9 Å². The molecule has 2 unspecified atom stereocenters. The largest absolute Gasteiger partial charge is 0.497 e. The maximum absolute atomic E-state index is 13.9. The van der Waals surface area contributed by atoms with Gasteiger partial charge in [-0.05, 0) is 42.2 Å². The van der Waals surface area contributed by atoms with E-state index in [4.69, 9.17) is 4.74 Å². The first-order valence-electron chi connectivity index (χ1n) is 14.4. The molecule has 220 valence electrons. The van der Waals surface area contributed by atoms with Crippen molar-refractivity contribution >= 4 is 17.5 Å². The van der Waals surface area contributed by atoms with Gasteiger partial charge in [-0.25, -0.2) is 0 Å². The number of nitro benzene ring substituents is 1. The molecule has 42 heavy (non-hydrogen) atoms. The number of hydrogen-bond acceptors (Lipinski definition) is 7. The second-order valence-corrected chi connectivity index (χ2v) is 10.8. The fourth-order valence-corrected chi connectivity index (χ4v) is 5.82. The average Bonchev–Trinajstić information content (AvgIpc) is 3.49. The van der Waals surface area contributed by atoms with Crippen molar-refractivity contribution in [2.24, 2.45) is 0 Å². The number of carbonyl (C=O) groups excluding carboxylic acids is 2. The highest BCUT2D eigenvalue weighted by Crippen LogP contribution is 2.29. The third kappa shape index (κ3) is 6.95. The zero-order chi connectivity index (χ0) is 29.5. The summed E-state index contributed by atoms with van der Waals surface area (Å²) < 4.78 is 5.36. The molecular formula is C32H37N5O5. The van der Waals surface area contributed by atoms with E-state index in [2.05, 4.69) is 22.3 Å². The minimum Gasteiger partial charge on any atom is -0.497 e. The van der Waals surface area contributed by atoms with Crippen LogP contribution in [0.3, 0.4) is 0 Å². The molecule has 0 aromatic heterocycles. The minimum atomic E-state index is -0.581. The molecule has 2 heterocycles. The van der Waals surface area contributed by atoms with Crippen LogP contribution in [-0.2, 0) is 17.8 Å². The molecule has 3 aromatic carbocycles. The fourth-order valence-electron chi connectivity index (χ4n) is 5.82. The molecule has 0 spiro atoms. The number of methoxy groups -OCH3 is 1. The lowest BCUT2D eigenvalue weighted by Crippen LogP contribution is -2.53. The Morgan fingerprint density at radius 2 is 1.74 bits per heavy atom. The van der Waals surface area contributed by atoms with Crippen molar-refractivity contribution in [3.63, 3.8) is 0 Å². The van der Waals surface area contributed by atoms with Gasteiger partial charge in [-0.2, -0.15) is 0 Å². The molecule has 10 heteroatoms. The highest BCUT2D eigenvalue weighted by atomic mass is 16.6. The lowest BCUT2D eigenvalue weighted by Gasteiger charge is -2.32. The van der Waals surface area contributed by atoms with E-state index >= 15 is 0 Å². The van der Waals surface area contributed by atoms with Gasteiger partial charge >= 0.3 is 0 Å². The van der Waals surface area contributed by atoms with Gasteiger partial charge in [0.25, 0.3) is 11.6 Å². The van der Waals surface area contributed by atoms with Crippen LogP contribution in [0.2, 0.25) is 0 Å². The van der Waals surface area contributed by atoms with E-state index in [0.29, 0.717) is 50.5 Å². The Kier molecular flexibility index (Phi) is 9.45. The van der Waals surface area contributed by atoms with E-state index in [0.717, 1.165) is 25.1 Å². The van der Waals surface area contributed by atoms with Crippen LogP contribution >= 0.6 is 0 Å². The number of carbonyl (C=O) groups is 2. The number of nitrogens with zero attached hydrogens (tertiary/aromatic N) is 4. The quantitative estimate of drug-likeness (QED) is 0.294. The van der Waals surface area contributed by atoms with Gasteiger partial charge in [0.15, 0.2) is 0 Å². The molecule has 10 nitrogen and oxygen atoms in total. The Labute approximate surface area is 246 Å². The normalized spacial score (nSPS) is 18.7. The summed E-state index contributed by atoms with van der Waals surface area (Å²) in [5.41, 5.74) is 2.67. The van der Waals surface area contributed by atoms with Gasteiger partial charge in [0, 0.05) is 69.6 Å². The van der Waals surface area contributed by atoms with Crippen molar-refractivity contribution in [1.29, 1.82) is 0 Å². The Morgan fingerprint density at radius 3 is 2.43 bits per heavy atom. The summed E-state index contributed by atoms with van der Waals surface area (Å²) in [6, 6.07) is 23.2. The van der Waals surface area contributed by atoms with Crippen LogP contribution in [0.25, 0.3) is 0 Å². The van der Waals surface area contributed by atoms with Crippen molar-refractivity contribution in [2.75, 3.05) is 46.4 Å². The first-order valence-corrected chi connectivity index (χ1v) is 14.4. The second-order valence-electron chi connectivity index (χ2n) is 10.8. The Balaban J connectivity index is 1.42. The summed E-state index contributed by atoms with van der Waals surface area (Å²) in [5.74, 6) is 0.376. The second kappa shape index (κ2) is 13.6. The van der Waals surface area contributed by atoms with E-state index in [1.165, 1.54) is 17.7 Å². The molecule has 5 rings (SSSR count). The summed E-state index contributed by atoms with van der Waals surface area (Å²) in [7, 11) is 1.56. The van der Waals surface area contributed by atoms with E-state index in [9.17, 15) is 19.7 Å². The SMILES string of the molecule is COc1cccc(C(=O)N2CC(N(CCc3ccccc3)Cc3ccc([N+](=O)[O-])cc3)CC2C(=O)N2CCNCC2)c1. The number of amides is 2. The molecule has 0 saturated carbocycles. The third-order valence-corrected chi connectivity index (χ3v) is 8.15. The summed E-state index contributed by atoms with van der Waals surface area (Å²) >= 11 is 0. The van der Waals surface area contributed by atoms with Crippen molar-refractivity contribution in [3.8, 4) is 5.75 Å². The zero-order valence-corrected chi connectivity index (χ0v) is 23.9. The van der Waals surface area contributed by atoms with E-state index in [-0.39, 0.29) is 23.5 Å². The highest BCUT2D eigenvalue weighted by molar-refractivity contribution is 5.98. The molecule has 2 amide bonds. The van der Waals surface area contributed by atoms with Crippen LogP contribution < -0.4 is 10.1 Å². The zero-order valence-electron chi connectivity index (χ0n) is 23.9. The summed E-state index contributed by atoms with van der Waals surface area (Å²) in [6.07, 6.45) is 1.31. The molecule has 1 N–H and O–H groups in total. The number of rotatable bonds is 10. The Hall–Kier alpha value is -4.28. The van der Waals surface area contributed by atoms with Gasteiger partial charge in [0.1, 0.15) is 11.8 Å². The number of nitrogens with one attached hydrogen (secondary N) is 1. The van der Waals surface area contributed by atoms with Gasteiger partial charge < -0.3 is 19.9 Å². The van der Waals surface area contributed by atoms with Gasteiger partial charge in [0.2, 0.25) is 5.91 Å². The third-order valence-electron chi connectivity index (χ3n) is 8.15. The summed E-state index contributed by atoms with van der Waals surface area (Å²) in [4.78, 5) is 44.5. The van der Waals surface area contributed by atoms with Crippen molar-refractivity contribution in [2.45, 2.75) is 31.5 Å². The lowest BCUT2D eigenvalue weighted by molar-refractivity contribution is -0.384. The first kappa shape index (κ1) is 29.2.